The van der Waals surface area contributed by atoms with Crippen LogP contribution in [0, 0.1) is 5.92 Å². The van der Waals surface area contributed by atoms with Crippen LogP contribution in [0.1, 0.15) is 30.1 Å². The Bertz CT molecular complexity index is 681. The number of rotatable bonds is 6. The molecule has 1 saturated heterocycles. The van der Waals surface area contributed by atoms with Crippen LogP contribution in [0.15, 0.2) is 30.3 Å². The average Bonchev–Trinajstić information content (AvgIpc) is 3.04. The van der Waals surface area contributed by atoms with Crippen molar-refractivity contribution in [1.82, 2.24) is 20.1 Å². The van der Waals surface area contributed by atoms with Crippen LogP contribution >= 0.6 is 0 Å². The standard InChI is InChI=1S/C17H23N5O.CH2O2/c18-15(23)11-17-19-16(20-21-17)10-13-6-8-22(9-7-13)12-14-4-2-1-3-5-14;2-1-3/h1-5,13H,6-12H2,(H2,18,23)(H,19,20,21);1H,(H,2,3). The van der Waals surface area contributed by atoms with Crippen LogP contribution in [-0.2, 0) is 29.0 Å². The highest BCUT2D eigenvalue weighted by atomic mass is 16.3. The summed E-state index contributed by atoms with van der Waals surface area (Å²) in [7, 11) is 0. The fourth-order valence-corrected chi connectivity index (χ4v) is 3.12. The van der Waals surface area contributed by atoms with Crippen molar-refractivity contribution < 1.29 is 14.7 Å². The van der Waals surface area contributed by atoms with Gasteiger partial charge in [0.1, 0.15) is 5.82 Å². The van der Waals surface area contributed by atoms with Gasteiger partial charge in [-0.3, -0.25) is 19.6 Å². The van der Waals surface area contributed by atoms with E-state index in [9.17, 15) is 4.79 Å². The Morgan fingerprint density at radius 3 is 2.58 bits per heavy atom. The molecular formula is C18H25N5O3. The number of nitrogens with two attached hydrogens (primary N) is 1. The number of nitrogens with zero attached hydrogens (tertiary/aromatic N) is 3. The number of benzene rings is 1. The molecule has 1 amide bonds. The number of carbonyl (C=O) groups excluding carboxylic acids is 1. The molecule has 8 nitrogen and oxygen atoms in total. The number of aromatic amines is 1. The molecule has 0 unspecified atom stereocenters. The van der Waals surface area contributed by atoms with Gasteiger partial charge in [-0.25, -0.2) is 4.98 Å². The molecule has 1 aromatic heterocycles. The first kappa shape index (κ1) is 19.6. The van der Waals surface area contributed by atoms with Crippen LogP contribution in [0.4, 0.5) is 0 Å². The molecule has 0 atom stereocenters. The third-order valence-corrected chi connectivity index (χ3v) is 4.35. The van der Waals surface area contributed by atoms with E-state index in [1.807, 2.05) is 0 Å². The number of carboxylic acid groups (broad SMARTS) is 1. The molecular weight excluding hydrogens is 334 g/mol. The minimum atomic E-state index is -0.387. The summed E-state index contributed by atoms with van der Waals surface area (Å²) < 4.78 is 0. The van der Waals surface area contributed by atoms with Crippen LogP contribution in [0.5, 0.6) is 0 Å². The topological polar surface area (TPSA) is 125 Å². The number of primary amides is 1. The number of amides is 1. The zero-order valence-corrected chi connectivity index (χ0v) is 14.7. The number of likely N-dealkylation sites (tertiary alicyclic amines) is 1. The van der Waals surface area contributed by atoms with E-state index >= 15 is 0 Å². The summed E-state index contributed by atoms with van der Waals surface area (Å²) in [5, 5.41) is 13.9. The predicted octanol–water partition coefficient (Wildman–Crippen LogP) is 0.988. The molecule has 0 spiro atoms. The Kier molecular flexibility index (Phi) is 7.75. The highest BCUT2D eigenvalue weighted by Gasteiger charge is 2.21. The first-order valence-electron chi connectivity index (χ1n) is 8.63. The molecule has 0 aliphatic carbocycles. The number of hydrogen-bond acceptors (Lipinski definition) is 5. The maximum atomic E-state index is 10.9. The minimum Gasteiger partial charge on any atom is -0.483 e. The second-order valence-corrected chi connectivity index (χ2v) is 6.36. The van der Waals surface area contributed by atoms with Crippen LogP contribution in [0.25, 0.3) is 0 Å². The molecule has 1 aromatic carbocycles. The molecule has 1 fully saturated rings. The molecule has 2 heterocycles. The van der Waals surface area contributed by atoms with Crippen molar-refractivity contribution in [3.63, 3.8) is 0 Å². The third-order valence-electron chi connectivity index (χ3n) is 4.35. The summed E-state index contributed by atoms with van der Waals surface area (Å²) >= 11 is 0. The van der Waals surface area contributed by atoms with Crippen molar-refractivity contribution >= 4 is 12.4 Å². The van der Waals surface area contributed by atoms with Gasteiger partial charge >= 0.3 is 0 Å². The number of nitrogens with one attached hydrogen (secondary N) is 1. The Labute approximate surface area is 152 Å². The first-order valence-corrected chi connectivity index (χ1v) is 8.63. The summed E-state index contributed by atoms with van der Waals surface area (Å²) in [6.45, 7) is 2.99. The van der Waals surface area contributed by atoms with Gasteiger partial charge in [-0.1, -0.05) is 30.3 Å². The van der Waals surface area contributed by atoms with Crippen molar-refractivity contribution in [2.45, 2.75) is 32.2 Å². The van der Waals surface area contributed by atoms with E-state index in [-0.39, 0.29) is 18.8 Å². The maximum Gasteiger partial charge on any atom is 0.290 e. The summed E-state index contributed by atoms with van der Waals surface area (Å²) in [6.07, 6.45) is 3.32. The van der Waals surface area contributed by atoms with E-state index < -0.39 is 0 Å². The lowest BCUT2D eigenvalue weighted by atomic mass is 9.93. The van der Waals surface area contributed by atoms with Gasteiger partial charge in [-0.15, -0.1) is 0 Å². The van der Waals surface area contributed by atoms with Gasteiger partial charge in [-0.2, -0.15) is 5.10 Å². The monoisotopic (exact) mass is 359 g/mol. The molecule has 2 aromatic rings. The Morgan fingerprint density at radius 2 is 1.96 bits per heavy atom. The molecule has 1 aliphatic rings. The molecule has 0 radical (unpaired) electrons. The summed E-state index contributed by atoms with van der Waals surface area (Å²) in [6, 6.07) is 10.6. The number of aromatic nitrogens is 3. The van der Waals surface area contributed by atoms with Gasteiger partial charge in [0.2, 0.25) is 5.91 Å². The molecule has 8 heteroatoms. The number of H-pyrrole nitrogens is 1. The van der Waals surface area contributed by atoms with Gasteiger partial charge in [0.25, 0.3) is 6.47 Å². The van der Waals surface area contributed by atoms with E-state index in [4.69, 9.17) is 15.6 Å². The van der Waals surface area contributed by atoms with Crippen LogP contribution in [0.3, 0.4) is 0 Å². The van der Waals surface area contributed by atoms with E-state index in [0.29, 0.717) is 11.7 Å². The first-order chi connectivity index (χ1) is 12.6. The number of hydrogen-bond donors (Lipinski definition) is 3. The molecule has 0 saturated carbocycles. The lowest BCUT2D eigenvalue weighted by Crippen LogP contribution is -2.34. The van der Waals surface area contributed by atoms with Crippen molar-refractivity contribution in [3.05, 3.63) is 47.5 Å². The lowest BCUT2D eigenvalue weighted by molar-refractivity contribution is -0.123. The van der Waals surface area contributed by atoms with E-state index in [1.165, 1.54) is 5.56 Å². The summed E-state index contributed by atoms with van der Waals surface area (Å²) in [5.41, 5.74) is 6.54. The van der Waals surface area contributed by atoms with Crippen molar-refractivity contribution in [2.24, 2.45) is 11.7 Å². The molecule has 0 bridgehead atoms. The largest absolute Gasteiger partial charge is 0.483 e. The van der Waals surface area contributed by atoms with Crippen molar-refractivity contribution in [2.75, 3.05) is 13.1 Å². The van der Waals surface area contributed by atoms with E-state index in [1.54, 1.807) is 0 Å². The van der Waals surface area contributed by atoms with Gasteiger partial charge in [0.15, 0.2) is 5.82 Å². The minimum absolute atomic E-state index is 0.128. The average molecular weight is 359 g/mol. The molecule has 1 aliphatic heterocycles. The Hall–Kier alpha value is -2.74. The van der Waals surface area contributed by atoms with Gasteiger partial charge in [0.05, 0.1) is 6.42 Å². The highest BCUT2D eigenvalue weighted by molar-refractivity contribution is 5.75. The smallest absolute Gasteiger partial charge is 0.290 e. The zero-order valence-electron chi connectivity index (χ0n) is 14.7. The highest BCUT2D eigenvalue weighted by Crippen LogP contribution is 2.21. The second kappa shape index (κ2) is 10.3. The van der Waals surface area contributed by atoms with Crippen molar-refractivity contribution in [1.29, 1.82) is 0 Å². The molecule has 26 heavy (non-hydrogen) atoms. The van der Waals surface area contributed by atoms with Crippen molar-refractivity contribution in [3.8, 4) is 0 Å². The summed E-state index contributed by atoms with van der Waals surface area (Å²) in [5.74, 6) is 1.58. The van der Waals surface area contributed by atoms with Crippen LogP contribution in [-0.4, -0.2) is 50.7 Å². The quantitative estimate of drug-likeness (QED) is 0.661. The van der Waals surface area contributed by atoms with Gasteiger partial charge in [-0.05, 0) is 37.4 Å². The van der Waals surface area contributed by atoms with Crippen LogP contribution < -0.4 is 5.73 Å². The fraction of sp³-hybridized carbons (Fsp3) is 0.444. The molecule has 3 rings (SSSR count). The second-order valence-electron chi connectivity index (χ2n) is 6.36. The molecule has 140 valence electrons. The third kappa shape index (κ3) is 6.64. The summed E-state index contributed by atoms with van der Waals surface area (Å²) in [4.78, 5) is 26.1. The fourth-order valence-electron chi connectivity index (χ4n) is 3.12. The van der Waals surface area contributed by atoms with E-state index in [0.717, 1.165) is 44.7 Å². The van der Waals surface area contributed by atoms with Gasteiger partial charge < -0.3 is 10.8 Å². The number of carbonyl (C=O) groups is 2. The Balaban J connectivity index is 0.000000758. The SMILES string of the molecule is NC(=O)Cc1nc(CC2CCN(Cc3ccccc3)CC2)n[nH]1.O=CO. The van der Waals surface area contributed by atoms with E-state index in [2.05, 4.69) is 50.4 Å². The lowest BCUT2D eigenvalue weighted by Gasteiger charge is -2.31. The normalized spacial score (nSPS) is 15.1. The Morgan fingerprint density at radius 1 is 1.31 bits per heavy atom. The molecule has 4 N–H and O–H groups in total. The van der Waals surface area contributed by atoms with Crippen LogP contribution in [0.2, 0.25) is 0 Å². The zero-order chi connectivity index (χ0) is 18.8. The predicted molar refractivity (Wildman–Crippen MR) is 96.1 cm³/mol. The van der Waals surface area contributed by atoms with Gasteiger partial charge in [0, 0.05) is 13.0 Å². The maximum absolute atomic E-state index is 10.9. The number of piperidine rings is 1.